The maximum absolute atomic E-state index is 4.91. The Kier molecular flexibility index (Phi) is 8.57. The average Bonchev–Trinajstić information content (AvgIpc) is 2.04. The molecule has 1 N–H and O–H groups in total. The summed E-state index contributed by atoms with van der Waals surface area (Å²) in [7, 11) is 1.73. The molecule has 0 bridgehead atoms. The molecular formula is C8H19NOS. The predicted octanol–water partition coefficient (Wildman–Crippen LogP) is 1.36. The van der Waals surface area contributed by atoms with Gasteiger partial charge in [-0.3, -0.25) is 0 Å². The summed E-state index contributed by atoms with van der Waals surface area (Å²) in [4.78, 5) is 0. The first-order valence-electron chi connectivity index (χ1n) is 4.03. The van der Waals surface area contributed by atoms with E-state index in [1.807, 2.05) is 11.8 Å². The van der Waals surface area contributed by atoms with Gasteiger partial charge in [-0.05, 0) is 19.2 Å². The Balaban J connectivity index is 2.89. The molecule has 0 saturated heterocycles. The van der Waals surface area contributed by atoms with E-state index in [4.69, 9.17) is 4.74 Å². The van der Waals surface area contributed by atoms with Gasteiger partial charge in [0.15, 0.2) is 0 Å². The molecule has 0 aliphatic carbocycles. The second-order valence-corrected chi connectivity index (χ2v) is 3.85. The van der Waals surface area contributed by atoms with Gasteiger partial charge in [0.25, 0.3) is 0 Å². The van der Waals surface area contributed by atoms with E-state index >= 15 is 0 Å². The molecule has 2 nitrogen and oxygen atoms in total. The van der Waals surface area contributed by atoms with Crippen molar-refractivity contribution in [2.75, 3.05) is 33.1 Å². The third kappa shape index (κ3) is 8.17. The Labute approximate surface area is 74.1 Å². The molecule has 0 rings (SSSR count). The van der Waals surface area contributed by atoms with Gasteiger partial charge in [-0.15, -0.1) is 0 Å². The summed E-state index contributed by atoms with van der Waals surface area (Å²) in [5.41, 5.74) is 0. The van der Waals surface area contributed by atoms with Crippen LogP contribution in [0.5, 0.6) is 0 Å². The van der Waals surface area contributed by atoms with E-state index in [2.05, 4.69) is 18.5 Å². The first-order chi connectivity index (χ1) is 5.31. The monoisotopic (exact) mass is 177 g/mol. The smallest absolute Gasteiger partial charge is 0.0587 e. The molecule has 0 aromatic rings. The van der Waals surface area contributed by atoms with Gasteiger partial charge in [-0.25, -0.2) is 0 Å². The molecule has 0 aliphatic rings. The van der Waals surface area contributed by atoms with Crippen LogP contribution in [0.25, 0.3) is 0 Å². The highest BCUT2D eigenvalue weighted by Crippen LogP contribution is 2.07. The van der Waals surface area contributed by atoms with Crippen LogP contribution in [0.15, 0.2) is 0 Å². The van der Waals surface area contributed by atoms with E-state index in [0.717, 1.165) is 24.9 Å². The normalized spacial score (nSPS) is 13.4. The predicted molar refractivity (Wildman–Crippen MR) is 52.3 cm³/mol. The van der Waals surface area contributed by atoms with Crippen molar-refractivity contribution in [3.63, 3.8) is 0 Å². The van der Waals surface area contributed by atoms with Crippen molar-refractivity contribution in [3.8, 4) is 0 Å². The van der Waals surface area contributed by atoms with Crippen LogP contribution in [0.3, 0.4) is 0 Å². The van der Waals surface area contributed by atoms with Crippen molar-refractivity contribution in [1.29, 1.82) is 0 Å². The minimum absolute atomic E-state index is 0.769. The lowest BCUT2D eigenvalue weighted by molar-refractivity contribution is 0.199. The number of nitrogens with one attached hydrogen (secondary N) is 1. The van der Waals surface area contributed by atoms with Crippen LogP contribution in [-0.4, -0.2) is 38.3 Å². The summed E-state index contributed by atoms with van der Waals surface area (Å²) >= 11 is 1.92. The van der Waals surface area contributed by atoms with Crippen LogP contribution in [-0.2, 0) is 4.74 Å². The third-order valence-electron chi connectivity index (χ3n) is 1.61. The molecule has 1 atom stereocenters. The fraction of sp³-hybridized carbons (Fsp3) is 1.00. The van der Waals surface area contributed by atoms with Gasteiger partial charge >= 0.3 is 0 Å². The molecule has 0 fully saturated rings. The lowest BCUT2D eigenvalue weighted by atomic mass is 10.3. The van der Waals surface area contributed by atoms with Crippen LogP contribution in [0.1, 0.15) is 13.3 Å². The molecule has 11 heavy (non-hydrogen) atoms. The maximum atomic E-state index is 4.91. The lowest BCUT2D eigenvalue weighted by Crippen LogP contribution is -2.22. The second kappa shape index (κ2) is 8.37. The van der Waals surface area contributed by atoms with Crippen LogP contribution in [0, 0.1) is 0 Å². The summed E-state index contributed by atoms with van der Waals surface area (Å²) in [6.45, 7) is 5.14. The summed E-state index contributed by atoms with van der Waals surface area (Å²) in [6.07, 6.45) is 3.39. The summed E-state index contributed by atoms with van der Waals surface area (Å²) in [5, 5.41) is 4.08. The fourth-order valence-electron chi connectivity index (χ4n) is 0.722. The zero-order valence-electron chi connectivity index (χ0n) is 7.72. The number of rotatable bonds is 7. The highest BCUT2D eigenvalue weighted by atomic mass is 32.2. The van der Waals surface area contributed by atoms with Gasteiger partial charge in [0, 0.05) is 18.9 Å². The van der Waals surface area contributed by atoms with Gasteiger partial charge < -0.3 is 10.1 Å². The van der Waals surface area contributed by atoms with Crippen molar-refractivity contribution in [1.82, 2.24) is 5.32 Å². The zero-order valence-corrected chi connectivity index (χ0v) is 8.54. The van der Waals surface area contributed by atoms with Crippen molar-refractivity contribution < 1.29 is 4.74 Å². The molecule has 0 radical (unpaired) electrons. The molecule has 0 spiro atoms. The first kappa shape index (κ1) is 11.3. The molecule has 3 heteroatoms. The lowest BCUT2D eigenvalue weighted by Gasteiger charge is -2.08. The summed E-state index contributed by atoms with van der Waals surface area (Å²) in [5.74, 6) is 0. The number of methoxy groups -OCH3 is 1. The number of ether oxygens (including phenoxy) is 1. The van der Waals surface area contributed by atoms with Gasteiger partial charge in [0.2, 0.25) is 0 Å². The molecule has 0 aliphatic heterocycles. The Hall–Kier alpha value is 0.270. The van der Waals surface area contributed by atoms with Crippen LogP contribution in [0.2, 0.25) is 0 Å². The fourth-order valence-corrected chi connectivity index (χ4v) is 1.08. The van der Waals surface area contributed by atoms with E-state index in [9.17, 15) is 0 Å². The third-order valence-corrected chi connectivity index (χ3v) is 2.65. The topological polar surface area (TPSA) is 21.3 Å². The SMILES string of the molecule is COCCNCCC(C)SC. The average molecular weight is 177 g/mol. The highest BCUT2D eigenvalue weighted by molar-refractivity contribution is 7.99. The molecular weight excluding hydrogens is 158 g/mol. The Morgan fingerprint density at radius 1 is 1.45 bits per heavy atom. The van der Waals surface area contributed by atoms with Crippen LogP contribution in [0.4, 0.5) is 0 Å². The van der Waals surface area contributed by atoms with Crippen molar-refractivity contribution in [2.24, 2.45) is 0 Å². The minimum Gasteiger partial charge on any atom is -0.383 e. The van der Waals surface area contributed by atoms with Gasteiger partial charge in [0.1, 0.15) is 0 Å². The van der Waals surface area contributed by atoms with E-state index < -0.39 is 0 Å². The van der Waals surface area contributed by atoms with Crippen molar-refractivity contribution in [3.05, 3.63) is 0 Å². The largest absolute Gasteiger partial charge is 0.383 e. The second-order valence-electron chi connectivity index (χ2n) is 2.58. The van der Waals surface area contributed by atoms with Gasteiger partial charge in [0.05, 0.1) is 6.61 Å². The minimum atomic E-state index is 0.769. The molecule has 0 aromatic heterocycles. The van der Waals surface area contributed by atoms with Gasteiger partial charge in [-0.2, -0.15) is 11.8 Å². The molecule has 0 saturated carbocycles. The molecule has 1 unspecified atom stereocenters. The van der Waals surface area contributed by atoms with Crippen LogP contribution >= 0.6 is 11.8 Å². The zero-order chi connectivity index (χ0) is 8.53. The number of thioether (sulfide) groups is 1. The Morgan fingerprint density at radius 3 is 2.73 bits per heavy atom. The van der Waals surface area contributed by atoms with E-state index in [-0.39, 0.29) is 0 Å². The highest BCUT2D eigenvalue weighted by Gasteiger charge is 1.96. The number of hydrogen-bond donors (Lipinski definition) is 1. The van der Waals surface area contributed by atoms with Gasteiger partial charge in [-0.1, -0.05) is 6.92 Å². The van der Waals surface area contributed by atoms with Crippen LogP contribution < -0.4 is 5.32 Å². The molecule has 0 aromatic carbocycles. The van der Waals surface area contributed by atoms with E-state index in [0.29, 0.717) is 0 Å². The molecule has 0 amide bonds. The van der Waals surface area contributed by atoms with E-state index in [1.165, 1.54) is 6.42 Å². The van der Waals surface area contributed by atoms with Crippen molar-refractivity contribution in [2.45, 2.75) is 18.6 Å². The van der Waals surface area contributed by atoms with E-state index in [1.54, 1.807) is 7.11 Å². The first-order valence-corrected chi connectivity index (χ1v) is 5.32. The summed E-state index contributed by atoms with van der Waals surface area (Å²) in [6, 6.07) is 0. The summed E-state index contributed by atoms with van der Waals surface area (Å²) < 4.78 is 4.91. The standard InChI is InChI=1S/C8H19NOS/c1-8(11-3)4-5-9-6-7-10-2/h8-9H,4-7H2,1-3H3. The molecule has 68 valence electrons. The number of hydrogen-bond acceptors (Lipinski definition) is 3. The quantitative estimate of drug-likeness (QED) is 0.593. The molecule has 0 heterocycles. The Bertz CT molecular complexity index is 80.5. The Morgan fingerprint density at radius 2 is 2.18 bits per heavy atom. The maximum Gasteiger partial charge on any atom is 0.0587 e. The van der Waals surface area contributed by atoms with Crippen molar-refractivity contribution >= 4 is 11.8 Å².